The molecule has 0 aliphatic carbocycles. The second-order valence-corrected chi connectivity index (χ2v) is 4.38. The number of nitrogens with zero attached hydrogens (tertiary/aromatic N) is 3. The van der Waals surface area contributed by atoms with Crippen molar-refractivity contribution in [1.29, 1.82) is 0 Å². The van der Waals surface area contributed by atoms with Gasteiger partial charge in [-0.3, -0.25) is 0 Å². The van der Waals surface area contributed by atoms with Gasteiger partial charge < -0.3 is 0 Å². The molecule has 0 bridgehead atoms. The van der Waals surface area contributed by atoms with E-state index in [1.54, 1.807) is 0 Å². The Morgan fingerprint density at radius 1 is 1.22 bits per heavy atom. The lowest BCUT2D eigenvalue weighted by atomic mass is 10.3. The summed E-state index contributed by atoms with van der Waals surface area (Å²) in [6, 6.07) is 2.31. The number of aryl methyl sites for hydroxylation is 1. The molecule has 0 aromatic carbocycles. The highest BCUT2D eigenvalue weighted by atomic mass is 35.5. The lowest BCUT2D eigenvalue weighted by Crippen LogP contribution is -2.08. The average molecular weight is 296 g/mol. The predicted molar refractivity (Wildman–Crippen MR) is 61.1 cm³/mol. The lowest BCUT2D eigenvalue weighted by molar-refractivity contribution is -0.141. The van der Waals surface area contributed by atoms with Gasteiger partial charge in [0, 0.05) is 11.9 Å². The van der Waals surface area contributed by atoms with Crippen molar-refractivity contribution in [3.63, 3.8) is 0 Å². The monoisotopic (exact) mass is 295 g/mol. The van der Waals surface area contributed by atoms with Crippen molar-refractivity contribution in [2.75, 3.05) is 0 Å². The zero-order valence-corrected chi connectivity index (χ0v) is 10.5. The van der Waals surface area contributed by atoms with Crippen LogP contribution in [0.2, 0.25) is 10.0 Å². The van der Waals surface area contributed by atoms with Crippen molar-refractivity contribution in [3.05, 3.63) is 39.8 Å². The molecule has 0 N–H and O–H groups in total. The first-order valence-corrected chi connectivity index (χ1v) is 5.50. The van der Waals surface area contributed by atoms with Crippen molar-refractivity contribution < 1.29 is 13.2 Å². The summed E-state index contributed by atoms with van der Waals surface area (Å²) >= 11 is 11.5. The maximum atomic E-state index is 12.5. The van der Waals surface area contributed by atoms with Crippen LogP contribution in [0.3, 0.4) is 0 Å². The van der Waals surface area contributed by atoms with Gasteiger partial charge in [-0.2, -0.15) is 18.3 Å². The largest absolute Gasteiger partial charge is 0.435 e. The molecule has 2 rings (SSSR count). The maximum Gasteiger partial charge on any atom is 0.435 e. The summed E-state index contributed by atoms with van der Waals surface area (Å²) < 4.78 is 38.6. The Morgan fingerprint density at radius 2 is 1.89 bits per heavy atom. The molecular weight excluding hydrogens is 290 g/mol. The lowest BCUT2D eigenvalue weighted by Gasteiger charge is -2.05. The molecule has 0 unspecified atom stereocenters. The van der Waals surface area contributed by atoms with Gasteiger partial charge in [0.2, 0.25) is 0 Å². The third-order valence-electron chi connectivity index (χ3n) is 2.17. The van der Waals surface area contributed by atoms with Crippen LogP contribution in [0, 0.1) is 6.92 Å². The first-order valence-electron chi connectivity index (χ1n) is 4.74. The maximum absolute atomic E-state index is 12.5. The minimum atomic E-state index is -4.51. The molecule has 0 aliphatic rings. The number of hydrogen-bond acceptors (Lipinski definition) is 2. The van der Waals surface area contributed by atoms with E-state index in [1.165, 1.54) is 19.2 Å². The van der Waals surface area contributed by atoms with E-state index in [9.17, 15) is 13.2 Å². The highest BCUT2D eigenvalue weighted by Gasteiger charge is 2.34. The van der Waals surface area contributed by atoms with E-state index in [-0.39, 0.29) is 16.5 Å². The first kappa shape index (κ1) is 13.2. The van der Waals surface area contributed by atoms with Gasteiger partial charge in [-0.05, 0) is 19.1 Å². The smallest absolute Gasteiger partial charge is 0.234 e. The van der Waals surface area contributed by atoms with E-state index in [1.807, 2.05) is 0 Å². The fourth-order valence-electron chi connectivity index (χ4n) is 1.39. The number of alkyl halides is 3. The van der Waals surface area contributed by atoms with Crippen molar-refractivity contribution in [3.8, 4) is 5.82 Å². The number of hydrogen-bond donors (Lipinski definition) is 0. The minimum absolute atomic E-state index is 0.106. The number of rotatable bonds is 1. The highest BCUT2D eigenvalue weighted by Crippen LogP contribution is 2.30. The molecule has 2 aromatic heterocycles. The molecule has 0 atom stereocenters. The van der Waals surface area contributed by atoms with Crippen LogP contribution in [0.4, 0.5) is 13.2 Å². The molecule has 18 heavy (non-hydrogen) atoms. The molecule has 0 aliphatic heterocycles. The van der Waals surface area contributed by atoms with E-state index in [2.05, 4.69) is 10.1 Å². The topological polar surface area (TPSA) is 30.7 Å². The molecule has 2 heterocycles. The van der Waals surface area contributed by atoms with Crippen LogP contribution in [0.25, 0.3) is 5.82 Å². The number of pyridine rings is 1. The Kier molecular flexibility index (Phi) is 3.25. The third kappa shape index (κ3) is 2.44. The molecule has 0 radical (unpaired) electrons. The van der Waals surface area contributed by atoms with Crippen LogP contribution >= 0.6 is 23.2 Å². The second kappa shape index (κ2) is 4.44. The third-order valence-corrected chi connectivity index (χ3v) is 2.65. The van der Waals surface area contributed by atoms with E-state index < -0.39 is 11.9 Å². The van der Waals surface area contributed by atoms with Gasteiger partial charge >= 0.3 is 6.18 Å². The van der Waals surface area contributed by atoms with Crippen LogP contribution in [-0.2, 0) is 6.18 Å². The second-order valence-electron chi connectivity index (χ2n) is 3.54. The Morgan fingerprint density at radius 3 is 2.39 bits per heavy atom. The van der Waals surface area contributed by atoms with Crippen LogP contribution < -0.4 is 0 Å². The normalized spacial score (nSPS) is 11.9. The summed E-state index contributed by atoms with van der Waals surface area (Å²) in [5, 5.41) is 3.87. The summed E-state index contributed by atoms with van der Waals surface area (Å²) in [6.07, 6.45) is -3.22. The molecule has 96 valence electrons. The van der Waals surface area contributed by atoms with Crippen LogP contribution in [0.15, 0.2) is 18.3 Å². The van der Waals surface area contributed by atoms with Gasteiger partial charge in [0.1, 0.15) is 0 Å². The summed E-state index contributed by atoms with van der Waals surface area (Å²) in [6.45, 7) is 1.48. The fourth-order valence-corrected chi connectivity index (χ4v) is 1.85. The van der Waals surface area contributed by atoms with Crippen molar-refractivity contribution in [2.45, 2.75) is 13.1 Å². The average Bonchev–Trinajstić information content (AvgIpc) is 2.60. The number of aromatic nitrogens is 3. The molecule has 2 aromatic rings. The standard InChI is InChI=1S/C10H6Cl2F3N3/c1-5-2-8(10(13,14)15)17-18(5)9-7(12)3-6(11)4-16-9/h2-4H,1H3. The van der Waals surface area contributed by atoms with Gasteiger partial charge in [-0.25, -0.2) is 9.67 Å². The SMILES string of the molecule is Cc1cc(C(F)(F)F)nn1-c1ncc(Cl)cc1Cl. The van der Waals surface area contributed by atoms with Crippen LogP contribution in [0.5, 0.6) is 0 Å². The van der Waals surface area contributed by atoms with Crippen molar-refractivity contribution in [2.24, 2.45) is 0 Å². The number of halogens is 5. The highest BCUT2D eigenvalue weighted by molar-refractivity contribution is 6.35. The fraction of sp³-hybridized carbons (Fsp3) is 0.200. The predicted octanol–water partition coefficient (Wildman–Crippen LogP) is 3.90. The van der Waals surface area contributed by atoms with Crippen molar-refractivity contribution >= 4 is 23.2 Å². The summed E-state index contributed by atoms with van der Waals surface area (Å²) in [5.41, 5.74) is -0.716. The molecule has 0 amide bonds. The van der Waals surface area contributed by atoms with Gasteiger partial charge in [0.05, 0.1) is 10.0 Å². The van der Waals surface area contributed by atoms with Gasteiger partial charge in [-0.15, -0.1) is 0 Å². The molecule has 0 saturated carbocycles. The molecular formula is C10H6Cl2F3N3. The summed E-state index contributed by atoms with van der Waals surface area (Å²) in [5.74, 6) is 0.106. The van der Waals surface area contributed by atoms with Crippen LogP contribution in [-0.4, -0.2) is 14.8 Å². The molecule has 0 saturated heterocycles. The van der Waals surface area contributed by atoms with E-state index >= 15 is 0 Å². The van der Waals surface area contributed by atoms with E-state index in [0.717, 1.165) is 10.7 Å². The van der Waals surface area contributed by atoms with Crippen LogP contribution in [0.1, 0.15) is 11.4 Å². The zero-order chi connectivity index (χ0) is 13.5. The minimum Gasteiger partial charge on any atom is -0.234 e. The Hall–Kier alpha value is -1.27. The zero-order valence-electron chi connectivity index (χ0n) is 8.96. The quantitative estimate of drug-likeness (QED) is 0.799. The molecule has 0 spiro atoms. The summed E-state index contributed by atoms with van der Waals surface area (Å²) in [7, 11) is 0. The first-order chi connectivity index (χ1) is 8.29. The molecule has 3 nitrogen and oxygen atoms in total. The van der Waals surface area contributed by atoms with Gasteiger partial charge in [-0.1, -0.05) is 23.2 Å². The van der Waals surface area contributed by atoms with Gasteiger partial charge in [0.15, 0.2) is 11.5 Å². The van der Waals surface area contributed by atoms with E-state index in [0.29, 0.717) is 5.02 Å². The van der Waals surface area contributed by atoms with E-state index in [4.69, 9.17) is 23.2 Å². The van der Waals surface area contributed by atoms with Gasteiger partial charge in [0.25, 0.3) is 0 Å². The van der Waals surface area contributed by atoms with Crippen molar-refractivity contribution in [1.82, 2.24) is 14.8 Å². The Balaban J connectivity index is 2.55. The molecule has 0 fully saturated rings. The Labute approximate surface area is 110 Å². The Bertz CT molecular complexity index is 593. The summed E-state index contributed by atoms with van der Waals surface area (Å²) in [4.78, 5) is 3.87. The molecule has 8 heteroatoms.